The minimum absolute atomic E-state index is 0.186. The molecule has 0 aliphatic carbocycles. The fraction of sp³-hybridized carbons (Fsp3) is 0.462. The zero-order valence-electron chi connectivity index (χ0n) is 27.0. The fourth-order valence-corrected chi connectivity index (χ4v) is 5.18. The first-order valence-electron chi connectivity index (χ1n) is 16.7. The van der Waals surface area contributed by atoms with E-state index in [0.29, 0.717) is 43.3 Å². The molecule has 3 aromatic carbocycles. The van der Waals surface area contributed by atoms with Crippen LogP contribution in [-0.4, -0.2) is 25.4 Å². The third-order valence-corrected chi connectivity index (χ3v) is 7.77. The molecule has 7 heteroatoms. The van der Waals surface area contributed by atoms with Gasteiger partial charge >= 0.3 is 12.1 Å². The summed E-state index contributed by atoms with van der Waals surface area (Å²) in [4.78, 5) is 13.4. The molecule has 0 aliphatic heterocycles. The lowest BCUT2D eigenvalue weighted by molar-refractivity contribution is -0.135. The molecule has 0 aliphatic rings. The van der Waals surface area contributed by atoms with Crippen molar-refractivity contribution in [2.75, 3.05) is 13.2 Å². The zero-order valence-corrected chi connectivity index (χ0v) is 27.0. The lowest BCUT2D eigenvalue weighted by Crippen LogP contribution is -2.11. The molecule has 0 bridgehead atoms. The van der Waals surface area contributed by atoms with Crippen molar-refractivity contribution in [3.63, 3.8) is 0 Å². The molecule has 0 saturated heterocycles. The summed E-state index contributed by atoms with van der Waals surface area (Å²) in [5.74, 6) is 0.618. The Labute approximate surface area is 273 Å². The second-order valence-electron chi connectivity index (χ2n) is 11.7. The smallest absolute Gasteiger partial charge is 0.389 e. The number of unbranched alkanes of at least 4 members (excludes halogenated alkanes) is 11. The largest absolute Gasteiger partial charge is 0.494 e. The average Bonchev–Trinajstić information content (AvgIpc) is 3.05. The summed E-state index contributed by atoms with van der Waals surface area (Å²) in [7, 11) is 0. The number of halogens is 3. The quantitative estimate of drug-likeness (QED) is 0.0449. The van der Waals surface area contributed by atoms with Crippen LogP contribution in [0.25, 0.3) is 11.1 Å². The molecular weight excluding hydrogens is 589 g/mol. The Bertz CT molecular complexity index is 1270. The van der Waals surface area contributed by atoms with Gasteiger partial charge in [0.15, 0.2) is 0 Å². The van der Waals surface area contributed by atoms with Crippen LogP contribution in [0.3, 0.4) is 0 Å². The van der Waals surface area contributed by atoms with Crippen molar-refractivity contribution < 1.29 is 32.2 Å². The third-order valence-electron chi connectivity index (χ3n) is 7.77. The van der Waals surface area contributed by atoms with E-state index < -0.39 is 18.6 Å². The Morgan fingerprint density at radius 1 is 0.696 bits per heavy atom. The van der Waals surface area contributed by atoms with Crippen molar-refractivity contribution in [2.24, 2.45) is 0 Å². The Morgan fingerprint density at radius 3 is 1.98 bits per heavy atom. The van der Waals surface area contributed by atoms with E-state index in [9.17, 15) is 18.0 Å². The highest BCUT2D eigenvalue weighted by Gasteiger charge is 2.25. The van der Waals surface area contributed by atoms with Gasteiger partial charge < -0.3 is 14.2 Å². The van der Waals surface area contributed by atoms with Gasteiger partial charge in [0.05, 0.1) is 18.8 Å². The summed E-state index contributed by atoms with van der Waals surface area (Å²) in [5, 5.41) is 0. The number of alkyl halides is 3. The molecule has 0 saturated carbocycles. The molecular formula is C39H49F3O4. The zero-order chi connectivity index (χ0) is 32.9. The van der Waals surface area contributed by atoms with Crippen LogP contribution in [0.1, 0.15) is 106 Å². The van der Waals surface area contributed by atoms with Crippen LogP contribution in [-0.2, 0) is 11.3 Å². The number of ether oxygens (including phenoxy) is 3. The van der Waals surface area contributed by atoms with E-state index in [0.717, 1.165) is 55.2 Å². The average molecular weight is 639 g/mol. The summed E-state index contributed by atoms with van der Waals surface area (Å²) in [6, 6.07) is 22.5. The number of rotatable bonds is 23. The summed E-state index contributed by atoms with van der Waals surface area (Å²) in [5.41, 5.74) is 3.08. The Hall–Kier alpha value is -3.58. The number of hydrogen-bond acceptors (Lipinski definition) is 4. The van der Waals surface area contributed by atoms with E-state index in [2.05, 4.69) is 6.58 Å². The summed E-state index contributed by atoms with van der Waals surface area (Å²) < 4.78 is 54.1. The number of carbonyl (C=O) groups excluding carboxylic acids is 1. The molecule has 0 radical (unpaired) electrons. The predicted molar refractivity (Wildman–Crippen MR) is 179 cm³/mol. The Kier molecular flexibility index (Phi) is 17.0. The van der Waals surface area contributed by atoms with E-state index in [4.69, 9.17) is 14.2 Å². The lowest BCUT2D eigenvalue weighted by Gasteiger charge is -2.13. The highest BCUT2D eigenvalue weighted by atomic mass is 19.4. The Morgan fingerprint density at radius 2 is 1.30 bits per heavy atom. The van der Waals surface area contributed by atoms with Gasteiger partial charge in [0.2, 0.25) is 0 Å². The highest BCUT2D eigenvalue weighted by Crippen LogP contribution is 2.29. The van der Waals surface area contributed by atoms with Crippen LogP contribution in [0.2, 0.25) is 0 Å². The maximum atomic E-state index is 13.4. The van der Waals surface area contributed by atoms with Crippen LogP contribution < -0.4 is 9.47 Å². The minimum Gasteiger partial charge on any atom is -0.494 e. The van der Waals surface area contributed by atoms with Gasteiger partial charge in [-0.15, -0.1) is 6.58 Å². The molecule has 0 unspecified atom stereocenters. The minimum atomic E-state index is -4.06. The maximum Gasteiger partial charge on any atom is 0.389 e. The van der Waals surface area contributed by atoms with Crippen LogP contribution in [0.5, 0.6) is 11.5 Å². The van der Waals surface area contributed by atoms with Gasteiger partial charge in [-0.25, -0.2) is 4.79 Å². The van der Waals surface area contributed by atoms with Crippen LogP contribution in [0.15, 0.2) is 85.5 Å². The van der Waals surface area contributed by atoms with Crippen molar-refractivity contribution in [1.29, 1.82) is 0 Å². The van der Waals surface area contributed by atoms with Crippen LogP contribution >= 0.6 is 0 Å². The van der Waals surface area contributed by atoms with E-state index in [1.807, 2.05) is 60.7 Å². The van der Waals surface area contributed by atoms with E-state index in [-0.39, 0.29) is 6.42 Å². The molecule has 46 heavy (non-hydrogen) atoms. The molecule has 0 spiro atoms. The monoisotopic (exact) mass is 638 g/mol. The highest BCUT2D eigenvalue weighted by molar-refractivity contribution is 5.99. The molecule has 0 N–H and O–H groups in total. The van der Waals surface area contributed by atoms with E-state index >= 15 is 0 Å². The first-order valence-corrected chi connectivity index (χ1v) is 16.7. The summed E-state index contributed by atoms with van der Waals surface area (Å²) in [6.45, 7) is 5.33. The van der Waals surface area contributed by atoms with Crippen LogP contribution in [0.4, 0.5) is 13.2 Å². The summed E-state index contributed by atoms with van der Waals surface area (Å²) >= 11 is 0. The van der Waals surface area contributed by atoms with Gasteiger partial charge in [-0.3, -0.25) is 0 Å². The molecule has 250 valence electrons. The van der Waals surface area contributed by atoms with Gasteiger partial charge in [0, 0.05) is 13.0 Å². The first kappa shape index (κ1) is 36.9. The molecule has 4 nitrogen and oxygen atoms in total. The van der Waals surface area contributed by atoms with Gasteiger partial charge in [0.25, 0.3) is 0 Å². The lowest BCUT2D eigenvalue weighted by atomic mass is 9.99. The molecule has 3 rings (SSSR count). The summed E-state index contributed by atoms with van der Waals surface area (Å²) in [6.07, 6.45) is 9.79. The topological polar surface area (TPSA) is 44.8 Å². The van der Waals surface area contributed by atoms with Gasteiger partial charge in [-0.05, 0) is 79.1 Å². The number of hydrogen-bond donors (Lipinski definition) is 0. The van der Waals surface area contributed by atoms with E-state index in [1.54, 1.807) is 18.2 Å². The maximum absolute atomic E-state index is 13.4. The predicted octanol–water partition coefficient (Wildman–Crippen LogP) is 11.7. The first-order chi connectivity index (χ1) is 22.4. The molecule has 0 heterocycles. The number of carbonyl (C=O) groups is 1. The second kappa shape index (κ2) is 21.3. The Balaban J connectivity index is 1.46. The van der Waals surface area contributed by atoms with Crippen molar-refractivity contribution in [3.05, 3.63) is 96.6 Å². The molecule has 0 amide bonds. The van der Waals surface area contributed by atoms with Crippen LogP contribution in [0, 0.1) is 0 Å². The van der Waals surface area contributed by atoms with Gasteiger partial charge in [-0.1, -0.05) is 99.9 Å². The van der Waals surface area contributed by atoms with Crippen molar-refractivity contribution in [3.8, 4) is 22.6 Å². The standard InChI is InChI=1S/C39H49F3O4/c1-2-3-4-5-6-7-8-12-18-29-45-35-25-26-36(33-19-14-13-15-20-33)37(30-35)38(43)46-34-23-21-32(22-24-34)31-44-28-17-11-9-10-16-27-39(40,41)42/h2,13-15,19-26,30H,1,3-12,16-18,27-29,31H2. The molecule has 3 aromatic rings. The number of allylic oxidation sites excluding steroid dienone is 1. The van der Waals surface area contributed by atoms with Gasteiger partial charge in [-0.2, -0.15) is 13.2 Å². The third kappa shape index (κ3) is 15.1. The van der Waals surface area contributed by atoms with E-state index in [1.165, 1.54) is 32.1 Å². The van der Waals surface area contributed by atoms with Crippen molar-refractivity contribution in [1.82, 2.24) is 0 Å². The SMILES string of the molecule is C=CCCCCCCCCCOc1ccc(-c2ccccc2)c(C(=O)Oc2ccc(COCCCCCCCC(F)(F)F)cc2)c1. The number of esters is 1. The fourth-order valence-electron chi connectivity index (χ4n) is 5.18. The van der Waals surface area contributed by atoms with Crippen molar-refractivity contribution >= 4 is 5.97 Å². The molecule has 0 fully saturated rings. The normalized spacial score (nSPS) is 11.4. The van der Waals surface area contributed by atoms with Crippen molar-refractivity contribution in [2.45, 2.75) is 103 Å². The number of benzene rings is 3. The molecule has 0 aromatic heterocycles. The second-order valence-corrected chi connectivity index (χ2v) is 11.7. The molecule has 0 atom stereocenters. The van der Waals surface area contributed by atoms with Gasteiger partial charge in [0.1, 0.15) is 11.5 Å².